The first-order valence-corrected chi connectivity index (χ1v) is 11.9. The Kier molecular flexibility index (Phi) is 9.28. The van der Waals surface area contributed by atoms with Gasteiger partial charge >= 0.3 is 0 Å². The fourth-order valence-electron chi connectivity index (χ4n) is 3.56. The van der Waals surface area contributed by atoms with Gasteiger partial charge < -0.3 is 15.1 Å². The Morgan fingerprint density at radius 1 is 1.06 bits per heavy atom. The van der Waals surface area contributed by atoms with Crippen LogP contribution in [0.1, 0.15) is 26.3 Å². The number of hydrogen-bond donors (Lipinski definition) is 2. The molecule has 0 atom stereocenters. The van der Waals surface area contributed by atoms with Crippen LogP contribution >= 0.6 is 24.0 Å². The molecule has 10 heteroatoms. The molecular weight excluding hydrogens is 539 g/mol. The smallest absolute Gasteiger partial charge is 0.241 e. The van der Waals surface area contributed by atoms with Crippen LogP contribution in [-0.4, -0.2) is 63.0 Å². The number of aliphatic imine (C=N–C) groups is 1. The number of sulfonamides is 1. The first-order valence-electron chi connectivity index (χ1n) is 10.4. The summed E-state index contributed by atoms with van der Waals surface area (Å²) in [5, 5.41) is 3.33. The van der Waals surface area contributed by atoms with E-state index in [9.17, 15) is 8.42 Å². The topological polar surface area (TPSA) is 89.9 Å². The zero-order valence-electron chi connectivity index (χ0n) is 19.1. The van der Waals surface area contributed by atoms with Gasteiger partial charge in [0.15, 0.2) is 5.96 Å². The van der Waals surface area contributed by atoms with Crippen LogP contribution in [0.2, 0.25) is 0 Å². The van der Waals surface area contributed by atoms with Crippen LogP contribution in [-0.2, 0) is 16.6 Å². The molecule has 0 aliphatic carbocycles. The lowest BCUT2D eigenvalue weighted by Gasteiger charge is -2.37. The van der Waals surface area contributed by atoms with Crippen LogP contribution in [0.15, 0.2) is 58.5 Å². The highest BCUT2D eigenvalue weighted by molar-refractivity contribution is 14.0. The van der Waals surface area contributed by atoms with Gasteiger partial charge in [0.2, 0.25) is 10.0 Å². The summed E-state index contributed by atoms with van der Waals surface area (Å²) in [6, 6.07) is 13.0. The third kappa shape index (κ3) is 7.04. The van der Waals surface area contributed by atoms with E-state index in [1.165, 1.54) is 0 Å². The maximum Gasteiger partial charge on any atom is 0.241 e. The van der Waals surface area contributed by atoms with Gasteiger partial charge in [0.05, 0.1) is 4.90 Å². The van der Waals surface area contributed by atoms with Crippen molar-refractivity contribution < 1.29 is 8.42 Å². The van der Waals surface area contributed by atoms with Crippen molar-refractivity contribution in [2.75, 3.05) is 38.1 Å². The maximum atomic E-state index is 12.9. The van der Waals surface area contributed by atoms with E-state index in [4.69, 9.17) is 0 Å². The predicted octanol–water partition coefficient (Wildman–Crippen LogP) is 2.67. The molecule has 0 amide bonds. The van der Waals surface area contributed by atoms with E-state index < -0.39 is 15.6 Å². The summed E-state index contributed by atoms with van der Waals surface area (Å²) in [7, 11) is -1.88. The average molecular weight is 573 g/mol. The highest BCUT2D eigenvalue weighted by Crippen LogP contribution is 2.18. The quantitative estimate of drug-likeness (QED) is 0.326. The number of pyridine rings is 1. The monoisotopic (exact) mass is 572 g/mol. The minimum absolute atomic E-state index is 0. The second-order valence-electron chi connectivity index (χ2n) is 8.53. The third-order valence-electron chi connectivity index (χ3n) is 4.90. The largest absolute Gasteiger partial charge is 0.353 e. The van der Waals surface area contributed by atoms with Crippen LogP contribution < -0.4 is 14.9 Å². The summed E-state index contributed by atoms with van der Waals surface area (Å²) < 4.78 is 28.5. The Morgan fingerprint density at radius 3 is 2.31 bits per heavy atom. The molecular formula is C22H33IN6O2S. The molecule has 8 nitrogen and oxygen atoms in total. The number of halogens is 1. The number of nitrogens with zero attached hydrogens (tertiary/aromatic N) is 4. The number of rotatable bonds is 5. The first kappa shape index (κ1) is 26.3. The van der Waals surface area contributed by atoms with Gasteiger partial charge in [-0.25, -0.2) is 18.1 Å². The zero-order valence-corrected chi connectivity index (χ0v) is 22.2. The van der Waals surface area contributed by atoms with Gasteiger partial charge in [-0.05, 0) is 44.5 Å². The van der Waals surface area contributed by atoms with Gasteiger partial charge in [0, 0.05) is 51.5 Å². The van der Waals surface area contributed by atoms with E-state index in [2.05, 4.69) is 29.8 Å². The van der Waals surface area contributed by atoms with Crippen molar-refractivity contribution in [3.63, 3.8) is 0 Å². The molecule has 2 heterocycles. The van der Waals surface area contributed by atoms with E-state index in [0.29, 0.717) is 12.1 Å². The van der Waals surface area contributed by atoms with E-state index >= 15 is 0 Å². The number of benzene rings is 1. The molecule has 1 aromatic carbocycles. The maximum absolute atomic E-state index is 12.9. The summed E-state index contributed by atoms with van der Waals surface area (Å²) >= 11 is 0. The average Bonchev–Trinajstić information content (AvgIpc) is 2.74. The lowest BCUT2D eigenvalue weighted by molar-refractivity contribution is 0.371. The fraction of sp³-hybridized carbons (Fsp3) is 0.455. The van der Waals surface area contributed by atoms with Crippen molar-refractivity contribution in [1.29, 1.82) is 0 Å². The molecule has 0 saturated carbocycles. The van der Waals surface area contributed by atoms with Crippen molar-refractivity contribution in [1.82, 2.24) is 19.9 Å². The highest BCUT2D eigenvalue weighted by atomic mass is 127. The molecule has 1 aliphatic rings. The molecule has 1 aliphatic heterocycles. The number of anilines is 1. The Labute approximate surface area is 208 Å². The van der Waals surface area contributed by atoms with Crippen LogP contribution in [0.5, 0.6) is 0 Å². The normalized spacial score (nSPS) is 15.3. The Hall–Kier alpha value is -1.92. The second kappa shape index (κ2) is 11.3. The van der Waals surface area contributed by atoms with E-state index in [1.807, 2.05) is 57.3 Å². The van der Waals surface area contributed by atoms with Crippen molar-refractivity contribution in [3.05, 3.63) is 54.2 Å². The van der Waals surface area contributed by atoms with E-state index in [0.717, 1.165) is 38.0 Å². The molecule has 0 bridgehead atoms. The first-order chi connectivity index (χ1) is 14.7. The van der Waals surface area contributed by atoms with Crippen LogP contribution in [0.4, 0.5) is 5.82 Å². The molecule has 0 radical (unpaired) electrons. The Bertz CT molecular complexity index is 1000. The van der Waals surface area contributed by atoms with Crippen LogP contribution in [0.3, 0.4) is 0 Å². The lowest BCUT2D eigenvalue weighted by Crippen LogP contribution is -2.52. The van der Waals surface area contributed by atoms with Gasteiger partial charge in [-0.1, -0.05) is 24.3 Å². The molecule has 3 rings (SSSR count). The summed E-state index contributed by atoms with van der Waals surface area (Å²) in [4.78, 5) is 13.6. The van der Waals surface area contributed by atoms with E-state index in [-0.39, 0.29) is 28.9 Å². The molecule has 1 aromatic heterocycles. The van der Waals surface area contributed by atoms with Gasteiger partial charge in [-0.3, -0.25) is 4.99 Å². The third-order valence-corrected chi connectivity index (χ3v) is 6.76. The molecule has 32 heavy (non-hydrogen) atoms. The van der Waals surface area contributed by atoms with Crippen LogP contribution in [0, 0.1) is 0 Å². The van der Waals surface area contributed by atoms with Crippen molar-refractivity contribution in [2.45, 2.75) is 37.8 Å². The predicted molar refractivity (Wildman–Crippen MR) is 140 cm³/mol. The molecule has 1 fully saturated rings. The van der Waals surface area contributed by atoms with Crippen molar-refractivity contribution in [3.8, 4) is 0 Å². The number of piperazine rings is 1. The number of hydrogen-bond acceptors (Lipinski definition) is 5. The summed E-state index contributed by atoms with van der Waals surface area (Å²) in [6.45, 7) is 9.17. The van der Waals surface area contributed by atoms with Gasteiger partial charge in [-0.2, -0.15) is 0 Å². The molecule has 0 unspecified atom stereocenters. The number of aromatic nitrogens is 1. The van der Waals surface area contributed by atoms with Crippen LogP contribution in [0.25, 0.3) is 0 Å². The molecule has 2 aromatic rings. The minimum Gasteiger partial charge on any atom is -0.353 e. The van der Waals surface area contributed by atoms with E-state index in [1.54, 1.807) is 19.2 Å². The van der Waals surface area contributed by atoms with Gasteiger partial charge in [0.1, 0.15) is 5.82 Å². The zero-order chi connectivity index (χ0) is 22.5. The second-order valence-corrected chi connectivity index (χ2v) is 10.2. The Morgan fingerprint density at radius 2 is 1.72 bits per heavy atom. The summed E-state index contributed by atoms with van der Waals surface area (Å²) in [5.41, 5.74) is 0.149. The molecule has 0 spiro atoms. The van der Waals surface area contributed by atoms with Gasteiger partial charge in [-0.15, -0.1) is 24.0 Å². The SMILES string of the molecule is CN=C(NCc1ccccc1S(=O)(=O)NC(C)(C)C)N1CCN(c2ccccn2)CC1.I. The standard InChI is InChI=1S/C22H32N6O2S.HI/c1-22(2,3)26-31(29,30)19-10-6-5-9-18(19)17-25-21(23-4)28-15-13-27(14-16-28)20-11-7-8-12-24-20;/h5-12,26H,13-17H2,1-4H3,(H,23,25);1H. The lowest BCUT2D eigenvalue weighted by atomic mass is 10.1. The van der Waals surface area contributed by atoms with Crippen molar-refractivity contribution >= 4 is 45.8 Å². The number of nitrogens with one attached hydrogen (secondary N) is 2. The fourth-order valence-corrected chi connectivity index (χ4v) is 5.22. The summed E-state index contributed by atoms with van der Waals surface area (Å²) in [5.74, 6) is 1.74. The minimum atomic E-state index is -3.62. The van der Waals surface area contributed by atoms with Gasteiger partial charge in [0.25, 0.3) is 0 Å². The highest BCUT2D eigenvalue weighted by Gasteiger charge is 2.25. The molecule has 2 N–H and O–H groups in total. The summed E-state index contributed by atoms with van der Waals surface area (Å²) in [6.07, 6.45) is 1.81. The molecule has 176 valence electrons. The van der Waals surface area contributed by atoms with Crippen molar-refractivity contribution in [2.24, 2.45) is 4.99 Å². The molecule has 1 saturated heterocycles. The Balaban J connectivity index is 0.00000363. The number of guanidine groups is 1.